The van der Waals surface area contributed by atoms with Crippen LogP contribution in [-0.4, -0.2) is 18.1 Å². The summed E-state index contributed by atoms with van der Waals surface area (Å²) in [6.07, 6.45) is 5.15. The molecule has 1 aromatic carbocycles. The van der Waals surface area contributed by atoms with Crippen molar-refractivity contribution in [3.8, 4) is 12.3 Å². The average molecular weight is 237 g/mol. The molecule has 0 bridgehead atoms. The molecule has 1 aromatic rings. The van der Waals surface area contributed by atoms with E-state index in [9.17, 15) is 4.39 Å². The molecule has 3 heteroatoms. The van der Waals surface area contributed by atoms with Crippen LogP contribution >= 0.6 is 11.8 Å². The lowest BCUT2D eigenvalue weighted by Gasteiger charge is -2.13. The lowest BCUT2D eigenvalue weighted by molar-refractivity contribution is 0.594. The second-order valence-corrected chi connectivity index (χ2v) is 4.59. The maximum Gasteiger partial charge on any atom is 0.123 e. The summed E-state index contributed by atoms with van der Waals surface area (Å²) in [5.41, 5.74) is 1.10. The summed E-state index contributed by atoms with van der Waals surface area (Å²) >= 11 is 1.73. The number of terminal acetylenes is 1. The first-order chi connectivity index (χ1) is 7.74. The SMILES string of the molecule is C#CCSCCNC(C)c1ccc(F)cc1. The minimum Gasteiger partial charge on any atom is -0.309 e. The lowest BCUT2D eigenvalue weighted by atomic mass is 10.1. The zero-order valence-electron chi connectivity index (χ0n) is 9.37. The van der Waals surface area contributed by atoms with Gasteiger partial charge in [-0.2, -0.15) is 0 Å². The average Bonchev–Trinajstić information content (AvgIpc) is 2.29. The molecule has 1 unspecified atom stereocenters. The Morgan fingerprint density at radius 2 is 2.12 bits per heavy atom. The first-order valence-corrected chi connectivity index (χ1v) is 6.39. The molecule has 0 aromatic heterocycles. The van der Waals surface area contributed by atoms with Gasteiger partial charge in [0.05, 0.1) is 5.75 Å². The first-order valence-electron chi connectivity index (χ1n) is 5.24. The Bertz CT molecular complexity index is 342. The number of thioether (sulfide) groups is 1. The van der Waals surface area contributed by atoms with Crippen molar-refractivity contribution in [2.75, 3.05) is 18.1 Å². The standard InChI is InChI=1S/C13H16FNS/c1-3-9-16-10-8-15-11(2)12-4-6-13(14)7-5-12/h1,4-7,11,15H,8-10H2,2H3. The molecule has 0 aliphatic heterocycles. The topological polar surface area (TPSA) is 12.0 Å². The van der Waals surface area contributed by atoms with Gasteiger partial charge in [-0.15, -0.1) is 18.2 Å². The van der Waals surface area contributed by atoms with Gasteiger partial charge in [0.1, 0.15) is 5.82 Å². The molecule has 0 fully saturated rings. The van der Waals surface area contributed by atoms with Gasteiger partial charge in [-0.05, 0) is 24.6 Å². The molecule has 0 radical (unpaired) electrons. The molecule has 0 aliphatic rings. The molecule has 1 N–H and O–H groups in total. The summed E-state index contributed by atoms with van der Waals surface area (Å²) in [5.74, 6) is 4.15. The van der Waals surface area contributed by atoms with Crippen molar-refractivity contribution >= 4 is 11.8 Å². The van der Waals surface area contributed by atoms with Crippen molar-refractivity contribution in [1.29, 1.82) is 0 Å². The molecule has 1 rings (SSSR count). The van der Waals surface area contributed by atoms with Gasteiger partial charge < -0.3 is 5.32 Å². The molecule has 1 atom stereocenters. The fourth-order valence-electron chi connectivity index (χ4n) is 1.35. The third kappa shape index (κ3) is 4.69. The Hall–Kier alpha value is -0.980. The van der Waals surface area contributed by atoms with E-state index in [1.807, 2.05) is 12.1 Å². The maximum atomic E-state index is 12.7. The van der Waals surface area contributed by atoms with Crippen molar-refractivity contribution in [2.45, 2.75) is 13.0 Å². The van der Waals surface area contributed by atoms with E-state index < -0.39 is 0 Å². The van der Waals surface area contributed by atoms with E-state index in [0.717, 1.165) is 23.6 Å². The minimum absolute atomic E-state index is 0.194. The highest BCUT2D eigenvalue weighted by Gasteiger charge is 2.03. The zero-order valence-corrected chi connectivity index (χ0v) is 10.2. The molecule has 16 heavy (non-hydrogen) atoms. The number of rotatable bonds is 6. The molecule has 0 saturated heterocycles. The summed E-state index contributed by atoms with van der Waals surface area (Å²) in [7, 11) is 0. The first kappa shape index (κ1) is 13.1. The van der Waals surface area contributed by atoms with Gasteiger partial charge in [0.2, 0.25) is 0 Å². The van der Waals surface area contributed by atoms with Crippen molar-refractivity contribution < 1.29 is 4.39 Å². The Labute approximate surface area is 101 Å². The van der Waals surface area contributed by atoms with E-state index in [1.165, 1.54) is 12.1 Å². The number of halogens is 1. The predicted molar refractivity (Wildman–Crippen MR) is 69.0 cm³/mol. The molecule has 1 nitrogen and oxygen atoms in total. The summed E-state index contributed by atoms with van der Waals surface area (Å²) in [6.45, 7) is 2.98. The van der Waals surface area contributed by atoms with Crippen LogP contribution in [-0.2, 0) is 0 Å². The molecule has 0 heterocycles. The van der Waals surface area contributed by atoms with Gasteiger partial charge in [0, 0.05) is 18.3 Å². The highest BCUT2D eigenvalue weighted by atomic mass is 32.2. The van der Waals surface area contributed by atoms with Gasteiger partial charge in [-0.25, -0.2) is 4.39 Å². The van der Waals surface area contributed by atoms with Crippen LogP contribution in [0.5, 0.6) is 0 Å². The molecular formula is C13H16FNS. The Kier molecular flexibility index (Phi) is 5.99. The van der Waals surface area contributed by atoms with Crippen LogP contribution in [0, 0.1) is 18.2 Å². The number of hydrogen-bond donors (Lipinski definition) is 1. The Morgan fingerprint density at radius 3 is 2.75 bits per heavy atom. The fraction of sp³-hybridized carbons (Fsp3) is 0.385. The summed E-state index contributed by atoms with van der Waals surface area (Å²) in [5, 5.41) is 3.37. The van der Waals surface area contributed by atoms with Crippen molar-refractivity contribution in [2.24, 2.45) is 0 Å². The molecule has 0 aliphatic carbocycles. The summed E-state index contributed by atoms with van der Waals surface area (Å²) < 4.78 is 12.7. The summed E-state index contributed by atoms with van der Waals surface area (Å²) in [4.78, 5) is 0. The second-order valence-electron chi connectivity index (χ2n) is 3.48. The molecular weight excluding hydrogens is 221 g/mol. The molecule has 0 saturated carbocycles. The van der Waals surface area contributed by atoms with Crippen molar-refractivity contribution in [3.63, 3.8) is 0 Å². The lowest BCUT2D eigenvalue weighted by Crippen LogP contribution is -2.21. The van der Waals surface area contributed by atoms with Gasteiger partial charge in [-0.3, -0.25) is 0 Å². The number of benzene rings is 1. The van der Waals surface area contributed by atoms with Crippen LogP contribution < -0.4 is 5.32 Å². The molecule has 0 amide bonds. The Morgan fingerprint density at radius 1 is 1.44 bits per heavy atom. The largest absolute Gasteiger partial charge is 0.309 e. The normalized spacial score (nSPS) is 12.1. The predicted octanol–water partition coefficient (Wildman–Crippen LogP) is 2.84. The van der Waals surface area contributed by atoms with Crippen molar-refractivity contribution in [3.05, 3.63) is 35.6 Å². The minimum atomic E-state index is -0.194. The van der Waals surface area contributed by atoms with Crippen LogP contribution in [0.4, 0.5) is 4.39 Å². The van der Waals surface area contributed by atoms with Gasteiger partial charge in [0.25, 0.3) is 0 Å². The Balaban J connectivity index is 2.27. The van der Waals surface area contributed by atoms with Crippen LogP contribution in [0.25, 0.3) is 0 Å². The summed E-state index contributed by atoms with van der Waals surface area (Å²) in [6, 6.07) is 6.83. The van der Waals surface area contributed by atoms with E-state index in [-0.39, 0.29) is 11.9 Å². The third-order valence-electron chi connectivity index (χ3n) is 2.25. The highest BCUT2D eigenvalue weighted by Crippen LogP contribution is 2.12. The number of hydrogen-bond acceptors (Lipinski definition) is 2. The number of nitrogens with one attached hydrogen (secondary N) is 1. The van der Waals surface area contributed by atoms with E-state index in [1.54, 1.807) is 11.8 Å². The maximum absolute atomic E-state index is 12.7. The van der Waals surface area contributed by atoms with E-state index in [2.05, 4.69) is 18.2 Å². The van der Waals surface area contributed by atoms with E-state index in [4.69, 9.17) is 6.42 Å². The van der Waals surface area contributed by atoms with Crippen LogP contribution in [0.15, 0.2) is 24.3 Å². The smallest absolute Gasteiger partial charge is 0.123 e. The van der Waals surface area contributed by atoms with Crippen LogP contribution in [0.3, 0.4) is 0 Å². The molecule has 86 valence electrons. The fourth-order valence-corrected chi connectivity index (χ4v) is 1.87. The third-order valence-corrected chi connectivity index (χ3v) is 3.12. The monoisotopic (exact) mass is 237 g/mol. The second kappa shape index (κ2) is 7.32. The highest BCUT2D eigenvalue weighted by molar-refractivity contribution is 7.99. The van der Waals surface area contributed by atoms with Crippen molar-refractivity contribution in [1.82, 2.24) is 5.32 Å². The quantitative estimate of drug-likeness (QED) is 0.603. The van der Waals surface area contributed by atoms with Gasteiger partial charge >= 0.3 is 0 Å². The van der Waals surface area contributed by atoms with E-state index >= 15 is 0 Å². The van der Waals surface area contributed by atoms with Crippen LogP contribution in [0.1, 0.15) is 18.5 Å². The van der Waals surface area contributed by atoms with Gasteiger partial charge in [-0.1, -0.05) is 18.1 Å². The molecule has 0 spiro atoms. The van der Waals surface area contributed by atoms with E-state index in [0.29, 0.717) is 0 Å². The van der Waals surface area contributed by atoms with Gasteiger partial charge in [0.15, 0.2) is 0 Å². The van der Waals surface area contributed by atoms with Crippen LogP contribution in [0.2, 0.25) is 0 Å². The zero-order chi connectivity index (χ0) is 11.8.